The molecule has 2 aromatic rings. The van der Waals surface area contributed by atoms with Crippen LogP contribution in [-0.4, -0.2) is 44.1 Å². The van der Waals surface area contributed by atoms with E-state index in [0.29, 0.717) is 17.1 Å². The number of halogens is 1. The zero-order valence-electron chi connectivity index (χ0n) is 15.7. The van der Waals surface area contributed by atoms with Crippen molar-refractivity contribution in [1.29, 1.82) is 0 Å². The molecule has 0 aromatic heterocycles. The van der Waals surface area contributed by atoms with Gasteiger partial charge in [-0.3, -0.25) is 4.79 Å². The molecule has 2 aliphatic rings. The Morgan fingerprint density at radius 1 is 0.963 bits per heavy atom. The summed E-state index contributed by atoms with van der Waals surface area (Å²) in [6.07, 6.45) is 4.12. The fourth-order valence-corrected chi connectivity index (χ4v) is 4.37. The normalized spacial score (nSPS) is 16.8. The smallest absolute Gasteiger partial charge is 0.253 e. The molecule has 5 heteroatoms. The van der Waals surface area contributed by atoms with Gasteiger partial charge in [0.2, 0.25) is 0 Å². The van der Waals surface area contributed by atoms with Gasteiger partial charge in [0.1, 0.15) is 5.75 Å². The van der Waals surface area contributed by atoms with Crippen LogP contribution in [0.1, 0.15) is 34.3 Å². The predicted octanol–water partition coefficient (Wildman–Crippen LogP) is 4.19. The summed E-state index contributed by atoms with van der Waals surface area (Å²) in [7, 11) is 1.68. The maximum absolute atomic E-state index is 13.0. The van der Waals surface area contributed by atoms with E-state index in [1.165, 1.54) is 24.0 Å². The number of anilines is 1. The van der Waals surface area contributed by atoms with E-state index in [1.807, 2.05) is 29.2 Å². The average Bonchev–Trinajstić information content (AvgIpc) is 3.14. The number of carbonyl (C=O) groups excluding carboxylic acids is 1. The number of hydrogen-bond donors (Lipinski definition) is 0. The van der Waals surface area contributed by atoms with Crippen LogP contribution in [0.15, 0.2) is 36.4 Å². The van der Waals surface area contributed by atoms with Gasteiger partial charge in [0.05, 0.1) is 17.8 Å². The molecule has 27 heavy (non-hydrogen) atoms. The Labute approximate surface area is 165 Å². The average molecular weight is 385 g/mol. The van der Waals surface area contributed by atoms with Crippen LogP contribution in [-0.2, 0) is 12.8 Å². The lowest BCUT2D eigenvalue weighted by atomic mass is 10.0. The van der Waals surface area contributed by atoms with Crippen LogP contribution in [0.5, 0.6) is 5.75 Å². The van der Waals surface area contributed by atoms with Crippen molar-refractivity contribution >= 4 is 23.2 Å². The molecular weight excluding hydrogens is 360 g/mol. The van der Waals surface area contributed by atoms with Gasteiger partial charge in [-0.1, -0.05) is 17.7 Å². The Morgan fingerprint density at radius 2 is 1.70 bits per heavy atom. The molecule has 4 nitrogen and oxygen atoms in total. The lowest BCUT2D eigenvalue weighted by molar-refractivity contribution is 0.0763. The quantitative estimate of drug-likeness (QED) is 0.795. The molecule has 0 atom stereocenters. The fraction of sp³-hybridized carbons (Fsp3) is 0.409. The topological polar surface area (TPSA) is 32.8 Å². The number of fused-ring (bicyclic) bond motifs is 1. The molecule has 0 N–H and O–H groups in total. The third-order valence-electron chi connectivity index (χ3n) is 5.64. The van der Waals surface area contributed by atoms with E-state index >= 15 is 0 Å². The summed E-state index contributed by atoms with van der Waals surface area (Å²) in [6, 6.07) is 11.9. The second-order valence-corrected chi connectivity index (χ2v) is 7.69. The minimum atomic E-state index is 0.0599. The van der Waals surface area contributed by atoms with Crippen molar-refractivity contribution in [1.82, 2.24) is 4.90 Å². The number of ether oxygens (including phenoxy) is 1. The van der Waals surface area contributed by atoms with Crippen LogP contribution < -0.4 is 9.64 Å². The Morgan fingerprint density at radius 3 is 2.41 bits per heavy atom. The summed E-state index contributed by atoms with van der Waals surface area (Å²) in [4.78, 5) is 17.3. The van der Waals surface area contributed by atoms with Gasteiger partial charge in [0.25, 0.3) is 5.91 Å². The highest BCUT2D eigenvalue weighted by Gasteiger charge is 2.22. The molecule has 0 unspecified atom stereocenters. The van der Waals surface area contributed by atoms with Crippen molar-refractivity contribution in [3.63, 3.8) is 0 Å². The van der Waals surface area contributed by atoms with Gasteiger partial charge in [-0.25, -0.2) is 0 Å². The molecule has 0 spiro atoms. The first-order chi connectivity index (χ1) is 13.2. The number of carbonyl (C=O) groups is 1. The zero-order valence-corrected chi connectivity index (χ0v) is 16.5. The van der Waals surface area contributed by atoms with E-state index in [4.69, 9.17) is 16.3 Å². The second kappa shape index (κ2) is 7.81. The van der Waals surface area contributed by atoms with E-state index in [9.17, 15) is 4.79 Å². The molecule has 2 aliphatic heterocycles. The Hall–Kier alpha value is -2.20. The molecule has 142 valence electrons. The van der Waals surface area contributed by atoms with E-state index in [-0.39, 0.29) is 5.91 Å². The summed E-state index contributed by atoms with van der Waals surface area (Å²) in [5.74, 6) is 0.933. The standard InChI is InChI=1S/C22H25ClN2O2/c1-27-19-6-4-16-8-12-25(13-9-17(16)14-19)22(26)18-5-7-21(20(23)15-18)24-10-2-3-11-24/h4-7,14-15H,2-3,8-13H2,1H3. The predicted molar refractivity (Wildman–Crippen MR) is 109 cm³/mol. The fourth-order valence-electron chi connectivity index (χ4n) is 4.07. The molecule has 4 rings (SSSR count). The highest BCUT2D eigenvalue weighted by molar-refractivity contribution is 6.33. The van der Waals surface area contributed by atoms with Crippen LogP contribution >= 0.6 is 11.6 Å². The van der Waals surface area contributed by atoms with Gasteiger partial charge in [-0.2, -0.15) is 0 Å². The van der Waals surface area contributed by atoms with Crippen molar-refractivity contribution in [3.05, 3.63) is 58.1 Å². The van der Waals surface area contributed by atoms with E-state index in [2.05, 4.69) is 17.0 Å². The third kappa shape index (κ3) is 3.77. The summed E-state index contributed by atoms with van der Waals surface area (Å²) in [6.45, 7) is 3.52. The second-order valence-electron chi connectivity index (χ2n) is 7.29. The maximum atomic E-state index is 13.0. The van der Waals surface area contributed by atoms with Crippen molar-refractivity contribution in [2.45, 2.75) is 25.7 Å². The monoisotopic (exact) mass is 384 g/mol. The van der Waals surface area contributed by atoms with Crippen molar-refractivity contribution in [2.75, 3.05) is 38.2 Å². The summed E-state index contributed by atoms with van der Waals surface area (Å²) >= 11 is 6.50. The van der Waals surface area contributed by atoms with Crippen molar-refractivity contribution in [2.24, 2.45) is 0 Å². The minimum absolute atomic E-state index is 0.0599. The van der Waals surface area contributed by atoms with Crippen molar-refractivity contribution in [3.8, 4) is 5.75 Å². The van der Waals surface area contributed by atoms with Crippen LogP contribution in [0.4, 0.5) is 5.69 Å². The lowest BCUT2D eigenvalue weighted by Gasteiger charge is -2.22. The molecule has 0 bridgehead atoms. The Kier molecular flexibility index (Phi) is 5.26. The maximum Gasteiger partial charge on any atom is 0.253 e. The Balaban J connectivity index is 1.49. The number of benzene rings is 2. The molecule has 1 amide bonds. The van der Waals surface area contributed by atoms with Gasteiger partial charge >= 0.3 is 0 Å². The first-order valence-electron chi connectivity index (χ1n) is 9.65. The van der Waals surface area contributed by atoms with Crippen molar-refractivity contribution < 1.29 is 9.53 Å². The van der Waals surface area contributed by atoms with Gasteiger partial charge < -0.3 is 14.5 Å². The number of rotatable bonds is 3. The van der Waals surface area contributed by atoms with Gasteiger partial charge in [-0.15, -0.1) is 0 Å². The largest absolute Gasteiger partial charge is 0.497 e. The zero-order chi connectivity index (χ0) is 18.8. The summed E-state index contributed by atoms with van der Waals surface area (Å²) in [5, 5.41) is 0.672. The van der Waals surface area contributed by atoms with E-state index in [1.54, 1.807) is 7.11 Å². The van der Waals surface area contributed by atoms with Crippen LogP contribution in [0, 0.1) is 0 Å². The van der Waals surface area contributed by atoms with Gasteiger partial charge in [0, 0.05) is 31.7 Å². The highest BCUT2D eigenvalue weighted by atomic mass is 35.5. The molecular formula is C22H25ClN2O2. The molecule has 0 saturated carbocycles. The minimum Gasteiger partial charge on any atom is -0.497 e. The lowest BCUT2D eigenvalue weighted by Crippen LogP contribution is -2.33. The molecule has 0 radical (unpaired) electrons. The molecule has 2 aromatic carbocycles. The van der Waals surface area contributed by atoms with Gasteiger partial charge in [-0.05, 0) is 67.1 Å². The third-order valence-corrected chi connectivity index (χ3v) is 5.95. The molecule has 1 saturated heterocycles. The van der Waals surface area contributed by atoms with Gasteiger partial charge in [0.15, 0.2) is 0 Å². The van der Waals surface area contributed by atoms with E-state index < -0.39 is 0 Å². The SMILES string of the molecule is COc1ccc2c(c1)CCN(C(=O)c1ccc(N3CCCC3)c(Cl)c1)CC2. The number of hydrogen-bond acceptors (Lipinski definition) is 3. The molecule has 0 aliphatic carbocycles. The van der Waals surface area contributed by atoms with E-state index in [0.717, 1.165) is 43.9 Å². The first-order valence-corrected chi connectivity index (χ1v) is 10.0. The first kappa shape index (κ1) is 18.2. The van der Waals surface area contributed by atoms with Crippen LogP contribution in [0.2, 0.25) is 5.02 Å². The number of methoxy groups -OCH3 is 1. The molecule has 2 heterocycles. The summed E-state index contributed by atoms with van der Waals surface area (Å²) < 4.78 is 5.33. The highest BCUT2D eigenvalue weighted by Crippen LogP contribution is 2.30. The number of amides is 1. The summed E-state index contributed by atoms with van der Waals surface area (Å²) in [5.41, 5.74) is 4.29. The van der Waals surface area contributed by atoms with Crippen LogP contribution in [0.3, 0.4) is 0 Å². The van der Waals surface area contributed by atoms with Crippen LogP contribution in [0.25, 0.3) is 0 Å². The molecule has 1 fully saturated rings. The number of nitrogens with zero attached hydrogens (tertiary/aromatic N) is 2. The Bertz CT molecular complexity index is 846.